The van der Waals surface area contributed by atoms with Crippen molar-refractivity contribution >= 4 is 23.6 Å². The zero-order valence-corrected chi connectivity index (χ0v) is 15.3. The van der Waals surface area contributed by atoms with Gasteiger partial charge in [-0.1, -0.05) is 25.3 Å². The third-order valence-electron chi connectivity index (χ3n) is 4.55. The Kier molecular flexibility index (Phi) is 6.86. The van der Waals surface area contributed by atoms with Crippen LogP contribution in [0, 0.1) is 17.0 Å². The Morgan fingerprint density at radius 1 is 1.22 bits per heavy atom. The summed E-state index contributed by atoms with van der Waals surface area (Å²) in [6.07, 6.45) is 3.73. The van der Waals surface area contributed by atoms with E-state index in [1.54, 1.807) is 0 Å². The molecule has 0 saturated heterocycles. The lowest BCUT2D eigenvalue weighted by atomic mass is 9.96. The number of nitro groups is 1. The van der Waals surface area contributed by atoms with Gasteiger partial charge in [0.05, 0.1) is 10.5 Å². The van der Waals surface area contributed by atoms with Crippen molar-refractivity contribution in [1.29, 1.82) is 0 Å². The van der Waals surface area contributed by atoms with Crippen molar-refractivity contribution in [2.75, 3.05) is 0 Å². The second kappa shape index (κ2) is 9.11. The van der Waals surface area contributed by atoms with Crippen LogP contribution in [0.25, 0.3) is 0 Å². The van der Waals surface area contributed by atoms with Crippen LogP contribution in [0.1, 0.15) is 54.9 Å². The maximum atomic E-state index is 12.2. The SMILES string of the molecule is Cc1c(C(=O)OC(C)C(=O)NC(=O)NC2CCCCC2)cccc1[N+](=O)[O-]. The molecule has 1 saturated carbocycles. The number of hydrogen-bond donors (Lipinski definition) is 2. The molecule has 0 aliphatic heterocycles. The molecule has 3 amide bonds. The Morgan fingerprint density at radius 3 is 2.52 bits per heavy atom. The molecule has 0 aromatic heterocycles. The third-order valence-corrected chi connectivity index (χ3v) is 4.55. The number of nitro benzene ring substituents is 1. The number of amides is 3. The van der Waals surface area contributed by atoms with Gasteiger partial charge in [-0.3, -0.25) is 20.2 Å². The summed E-state index contributed by atoms with van der Waals surface area (Å²) in [5, 5.41) is 15.8. The Bertz CT molecular complexity index is 743. The lowest BCUT2D eigenvalue weighted by Crippen LogP contribution is -2.48. The fourth-order valence-corrected chi connectivity index (χ4v) is 3.00. The summed E-state index contributed by atoms with van der Waals surface area (Å²) < 4.78 is 5.05. The minimum absolute atomic E-state index is 0.00416. The van der Waals surface area contributed by atoms with Crippen LogP contribution in [0.4, 0.5) is 10.5 Å². The molecule has 1 aliphatic rings. The first-order chi connectivity index (χ1) is 12.8. The second-order valence-electron chi connectivity index (χ2n) is 6.55. The van der Waals surface area contributed by atoms with Crippen LogP contribution >= 0.6 is 0 Å². The summed E-state index contributed by atoms with van der Waals surface area (Å²) in [5.41, 5.74) is -0.0703. The van der Waals surface area contributed by atoms with Crippen molar-refractivity contribution in [2.24, 2.45) is 0 Å². The van der Waals surface area contributed by atoms with Gasteiger partial charge in [0.15, 0.2) is 6.10 Å². The number of imide groups is 1. The molecule has 2 rings (SSSR count). The van der Waals surface area contributed by atoms with Gasteiger partial charge >= 0.3 is 12.0 Å². The Balaban J connectivity index is 1.91. The molecule has 1 aliphatic carbocycles. The molecule has 1 aromatic rings. The van der Waals surface area contributed by atoms with Gasteiger partial charge in [-0.05, 0) is 32.8 Å². The number of carbonyl (C=O) groups excluding carboxylic acids is 3. The van der Waals surface area contributed by atoms with Gasteiger partial charge in [0.2, 0.25) is 0 Å². The molecule has 146 valence electrons. The molecule has 27 heavy (non-hydrogen) atoms. The Labute approximate surface area is 156 Å². The molecular weight excluding hydrogens is 354 g/mol. The fraction of sp³-hybridized carbons (Fsp3) is 0.500. The topological polar surface area (TPSA) is 128 Å². The van der Waals surface area contributed by atoms with E-state index in [-0.39, 0.29) is 22.9 Å². The molecule has 2 N–H and O–H groups in total. The maximum Gasteiger partial charge on any atom is 0.339 e. The van der Waals surface area contributed by atoms with Gasteiger partial charge in [0.1, 0.15) is 0 Å². The van der Waals surface area contributed by atoms with Gasteiger partial charge in [-0.15, -0.1) is 0 Å². The number of urea groups is 1. The zero-order valence-electron chi connectivity index (χ0n) is 15.3. The highest BCUT2D eigenvalue weighted by Crippen LogP contribution is 2.22. The predicted molar refractivity (Wildman–Crippen MR) is 96.3 cm³/mol. The number of rotatable bonds is 5. The number of nitrogens with one attached hydrogen (secondary N) is 2. The number of esters is 1. The molecule has 0 heterocycles. The van der Waals surface area contributed by atoms with Crippen molar-refractivity contribution in [2.45, 2.75) is 58.1 Å². The van der Waals surface area contributed by atoms with E-state index < -0.39 is 28.9 Å². The summed E-state index contributed by atoms with van der Waals surface area (Å²) in [5.74, 6) is -1.63. The van der Waals surface area contributed by atoms with Crippen molar-refractivity contribution in [3.05, 3.63) is 39.4 Å². The van der Waals surface area contributed by atoms with Crippen LogP contribution in [-0.2, 0) is 9.53 Å². The average molecular weight is 377 g/mol. The molecule has 1 aromatic carbocycles. The van der Waals surface area contributed by atoms with Crippen LogP contribution in [-0.4, -0.2) is 35.0 Å². The van der Waals surface area contributed by atoms with Gasteiger partial charge in [-0.25, -0.2) is 9.59 Å². The van der Waals surface area contributed by atoms with E-state index in [1.165, 1.54) is 32.0 Å². The largest absolute Gasteiger partial charge is 0.449 e. The van der Waals surface area contributed by atoms with E-state index in [9.17, 15) is 24.5 Å². The zero-order chi connectivity index (χ0) is 20.0. The Hall–Kier alpha value is -2.97. The number of ether oxygens (including phenoxy) is 1. The van der Waals surface area contributed by atoms with Crippen LogP contribution in [0.5, 0.6) is 0 Å². The van der Waals surface area contributed by atoms with Crippen LogP contribution < -0.4 is 10.6 Å². The summed E-state index contributed by atoms with van der Waals surface area (Å²) in [6.45, 7) is 2.75. The van der Waals surface area contributed by atoms with Crippen molar-refractivity contribution < 1.29 is 24.0 Å². The van der Waals surface area contributed by atoms with Gasteiger partial charge in [0.25, 0.3) is 11.6 Å². The quantitative estimate of drug-likeness (QED) is 0.461. The first-order valence-electron chi connectivity index (χ1n) is 8.86. The molecule has 0 bridgehead atoms. The highest BCUT2D eigenvalue weighted by Gasteiger charge is 2.25. The minimum Gasteiger partial charge on any atom is -0.449 e. The van der Waals surface area contributed by atoms with Crippen LogP contribution in [0.2, 0.25) is 0 Å². The lowest BCUT2D eigenvalue weighted by Gasteiger charge is -2.23. The van der Waals surface area contributed by atoms with E-state index in [4.69, 9.17) is 4.74 Å². The predicted octanol–water partition coefficient (Wildman–Crippen LogP) is 2.61. The highest BCUT2D eigenvalue weighted by atomic mass is 16.6. The molecule has 9 heteroatoms. The summed E-state index contributed by atoms with van der Waals surface area (Å²) in [6, 6.07) is 3.44. The van der Waals surface area contributed by atoms with Crippen molar-refractivity contribution in [3.8, 4) is 0 Å². The standard InChI is InChI=1S/C18H23N3O6/c1-11-14(9-6-10-15(11)21(25)26)17(23)27-12(2)16(22)20-18(24)19-13-7-4-3-5-8-13/h6,9-10,12-13H,3-5,7-8H2,1-2H3,(H2,19,20,22,24). The summed E-state index contributed by atoms with van der Waals surface area (Å²) in [7, 11) is 0. The molecular formula is C18H23N3O6. The number of hydrogen-bond acceptors (Lipinski definition) is 6. The molecule has 1 unspecified atom stereocenters. The van der Waals surface area contributed by atoms with Gasteiger partial charge in [-0.2, -0.15) is 0 Å². The number of nitrogens with zero attached hydrogens (tertiary/aromatic N) is 1. The van der Waals surface area contributed by atoms with Crippen LogP contribution in [0.15, 0.2) is 18.2 Å². The summed E-state index contributed by atoms with van der Waals surface area (Å²) in [4.78, 5) is 46.6. The molecule has 1 fully saturated rings. The molecule has 0 spiro atoms. The van der Waals surface area contributed by atoms with Crippen LogP contribution in [0.3, 0.4) is 0 Å². The van der Waals surface area contributed by atoms with Crippen molar-refractivity contribution in [1.82, 2.24) is 10.6 Å². The summed E-state index contributed by atoms with van der Waals surface area (Å²) >= 11 is 0. The maximum absolute atomic E-state index is 12.2. The van der Waals surface area contributed by atoms with E-state index in [1.807, 2.05) is 0 Å². The van der Waals surface area contributed by atoms with E-state index in [2.05, 4.69) is 10.6 Å². The van der Waals surface area contributed by atoms with Gasteiger partial charge < -0.3 is 10.1 Å². The van der Waals surface area contributed by atoms with Crippen molar-refractivity contribution in [3.63, 3.8) is 0 Å². The first-order valence-corrected chi connectivity index (χ1v) is 8.86. The smallest absolute Gasteiger partial charge is 0.339 e. The lowest BCUT2D eigenvalue weighted by molar-refractivity contribution is -0.385. The van der Waals surface area contributed by atoms with E-state index in [0.29, 0.717) is 0 Å². The Morgan fingerprint density at radius 2 is 1.89 bits per heavy atom. The highest BCUT2D eigenvalue weighted by molar-refractivity contribution is 5.99. The monoisotopic (exact) mass is 377 g/mol. The molecule has 0 radical (unpaired) electrons. The average Bonchev–Trinajstić information content (AvgIpc) is 2.62. The van der Waals surface area contributed by atoms with E-state index in [0.717, 1.165) is 32.1 Å². The third kappa shape index (κ3) is 5.50. The number of carbonyl (C=O) groups is 3. The molecule has 9 nitrogen and oxygen atoms in total. The first kappa shape index (κ1) is 20.3. The number of benzene rings is 1. The minimum atomic E-state index is -1.23. The second-order valence-corrected chi connectivity index (χ2v) is 6.55. The fourth-order valence-electron chi connectivity index (χ4n) is 3.00. The van der Waals surface area contributed by atoms with Gasteiger partial charge in [0, 0.05) is 17.7 Å². The van der Waals surface area contributed by atoms with E-state index >= 15 is 0 Å². The molecule has 1 atom stereocenters. The normalized spacial score (nSPS) is 15.5.